The highest BCUT2D eigenvalue weighted by molar-refractivity contribution is 5.98. The number of rotatable bonds is 6. The molecule has 1 aromatic carbocycles. The quantitative estimate of drug-likeness (QED) is 0.736. The number of aliphatic hydroxyl groups is 1. The smallest absolute Gasteiger partial charge is 0.327 e. The first-order valence-corrected chi connectivity index (χ1v) is 8.38. The van der Waals surface area contributed by atoms with Gasteiger partial charge in [-0.3, -0.25) is 0 Å². The number of anilines is 3. The van der Waals surface area contributed by atoms with Crippen LogP contribution >= 0.6 is 0 Å². The van der Waals surface area contributed by atoms with Gasteiger partial charge in [0.1, 0.15) is 11.6 Å². The fraction of sp³-hybridized carbons (Fsp3) is 0.389. The van der Waals surface area contributed by atoms with Crippen LogP contribution in [0, 0.1) is 5.82 Å². The third-order valence-corrected chi connectivity index (χ3v) is 3.89. The van der Waals surface area contributed by atoms with Crippen molar-refractivity contribution in [2.24, 2.45) is 0 Å². The van der Waals surface area contributed by atoms with E-state index in [2.05, 4.69) is 20.6 Å². The molecule has 0 aliphatic heterocycles. The highest BCUT2D eigenvalue weighted by Crippen LogP contribution is 2.25. The van der Waals surface area contributed by atoms with Crippen molar-refractivity contribution >= 4 is 23.5 Å². The zero-order valence-electron chi connectivity index (χ0n) is 15.3. The maximum absolute atomic E-state index is 13.2. The Hall–Kier alpha value is -2.74. The van der Waals surface area contributed by atoms with Crippen molar-refractivity contribution in [1.29, 1.82) is 0 Å². The van der Waals surface area contributed by atoms with Gasteiger partial charge >= 0.3 is 6.03 Å². The van der Waals surface area contributed by atoms with Crippen LogP contribution in [0.1, 0.15) is 27.7 Å². The van der Waals surface area contributed by atoms with Crippen LogP contribution in [0.4, 0.5) is 26.6 Å². The van der Waals surface area contributed by atoms with Crippen LogP contribution < -0.4 is 15.5 Å². The van der Waals surface area contributed by atoms with Gasteiger partial charge in [0.25, 0.3) is 0 Å². The van der Waals surface area contributed by atoms with Gasteiger partial charge in [-0.2, -0.15) is 4.98 Å². The Balaban J connectivity index is 2.37. The van der Waals surface area contributed by atoms with Gasteiger partial charge in [0.15, 0.2) is 0 Å². The van der Waals surface area contributed by atoms with E-state index in [1.807, 2.05) is 0 Å². The summed E-state index contributed by atoms with van der Waals surface area (Å²) in [5.74, 6) is 0.199. The van der Waals surface area contributed by atoms with E-state index >= 15 is 0 Å². The number of carbonyl (C=O) groups is 1. The Morgan fingerprint density at radius 2 is 1.96 bits per heavy atom. The number of aromatic nitrogens is 2. The number of hydrogen-bond acceptors (Lipinski definition) is 5. The molecule has 0 saturated carbocycles. The molecule has 1 unspecified atom stereocenters. The molecule has 0 saturated heterocycles. The van der Waals surface area contributed by atoms with Crippen molar-refractivity contribution in [3.05, 3.63) is 42.3 Å². The molecule has 7 nitrogen and oxygen atoms in total. The molecule has 0 radical (unpaired) electrons. The van der Waals surface area contributed by atoms with Crippen molar-refractivity contribution in [3.8, 4) is 0 Å². The molecule has 2 amide bonds. The van der Waals surface area contributed by atoms with E-state index in [-0.39, 0.29) is 18.0 Å². The van der Waals surface area contributed by atoms with E-state index in [1.165, 1.54) is 35.4 Å². The average molecular weight is 361 g/mol. The average Bonchev–Trinajstić information content (AvgIpc) is 2.57. The Morgan fingerprint density at radius 3 is 2.54 bits per heavy atom. The summed E-state index contributed by atoms with van der Waals surface area (Å²) in [5, 5.41) is 15.8. The SMILES string of the molecule is CCNC(=O)N(c1ccc(F)cc1)c1ccnc(NC(C)C(C)(C)O)n1. The Morgan fingerprint density at radius 1 is 1.31 bits per heavy atom. The molecule has 0 fully saturated rings. The lowest BCUT2D eigenvalue weighted by Crippen LogP contribution is -2.40. The number of carbonyl (C=O) groups excluding carboxylic acids is 1. The standard InChI is InChI=1S/C18H24FN5O2/c1-5-20-17(25)24(14-8-6-13(19)7-9-14)15-10-11-21-16(23-15)22-12(2)18(3,4)26/h6-12,26H,5H2,1-4H3,(H,20,25)(H,21,22,23). The monoisotopic (exact) mass is 361 g/mol. The molecule has 8 heteroatoms. The van der Waals surface area contributed by atoms with E-state index in [0.717, 1.165) is 0 Å². The highest BCUT2D eigenvalue weighted by Gasteiger charge is 2.24. The van der Waals surface area contributed by atoms with E-state index in [9.17, 15) is 14.3 Å². The number of halogens is 1. The maximum Gasteiger partial charge on any atom is 0.327 e. The third kappa shape index (κ3) is 4.89. The second kappa shape index (κ2) is 8.09. The van der Waals surface area contributed by atoms with Gasteiger partial charge in [0, 0.05) is 18.8 Å². The normalized spacial score (nSPS) is 12.4. The fourth-order valence-electron chi connectivity index (χ4n) is 2.09. The largest absolute Gasteiger partial charge is 0.388 e. The molecule has 1 heterocycles. The molecule has 0 spiro atoms. The summed E-state index contributed by atoms with van der Waals surface area (Å²) in [6, 6.07) is 6.42. The van der Waals surface area contributed by atoms with Gasteiger partial charge in [-0.05, 0) is 52.0 Å². The fourth-order valence-corrected chi connectivity index (χ4v) is 2.09. The Labute approximate surface area is 152 Å². The van der Waals surface area contributed by atoms with Crippen molar-refractivity contribution in [2.45, 2.75) is 39.3 Å². The Bertz CT molecular complexity index is 746. The Kier molecular flexibility index (Phi) is 6.10. The summed E-state index contributed by atoms with van der Waals surface area (Å²) in [7, 11) is 0. The van der Waals surface area contributed by atoms with E-state index in [1.54, 1.807) is 33.8 Å². The van der Waals surface area contributed by atoms with Crippen molar-refractivity contribution < 1.29 is 14.3 Å². The number of amides is 2. The first-order chi connectivity index (χ1) is 12.2. The lowest BCUT2D eigenvalue weighted by molar-refractivity contribution is 0.0646. The van der Waals surface area contributed by atoms with Crippen LogP contribution in [0.5, 0.6) is 0 Å². The van der Waals surface area contributed by atoms with Crippen LogP contribution in [-0.2, 0) is 0 Å². The predicted molar refractivity (Wildman–Crippen MR) is 99.0 cm³/mol. The number of benzene rings is 1. The van der Waals surface area contributed by atoms with Gasteiger partial charge in [-0.15, -0.1) is 0 Å². The first-order valence-electron chi connectivity index (χ1n) is 8.38. The molecule has 1 atom stereocenters. The van der Waals surface area contributed by atoms with Gasteiger partial charge in [-0.25, -0.2) is 19.1 Å². The van der Waals surface area contributed by atoms with Gasteiger partial charge < -0.3 is 15.7 Å². The van der Waals surface area contributed by atoms with Crippen LogP contribution in [-0.4, -0.2) is 39.3 Å². The van der Waals surface area contributed by atoms with Gasteiger partial charge in [0.2, 0.25) is 5.95 Å². The minimum absolute atomic E-state index is 0.272. The van der Waals surface area contributed by atoms with Crippen molar-refractivity contribution in [3.63, 3.8) is 0 Å². The minimum atomic E-state index is -0.977. The van der Waals surface area contributed by atoms with E-state index < -0.39 is 11.4 Å². The van der Waals surface area contributed by atoms with E-state index in [4.69, 9.17) is 0 Å². The van der Waals surface area contributed by atoms with Crippen LogP contribution in [0.25, 0.3) is 0 Å². The number of hydrogen-bond donors (Lipinski definition) is 3. The first kappa shape index (κ1) is 19.6. The van der Waals surface area contributed by atoms with E-state index in [0.29, 0.717) is 18.1 Å². The minimum Gasteiger partial charge on any atom is -0.388 e. The summed E-state index contributed by atoms with van der Waals surface area (Å²) in [6.07, 6.45) is 1.51. The van der Waals surface area contributed by atoms with Crippen LogP contribution in [0.2, 0.25) is 0 Å². The molecule has 0 aliphatic carbocycles. The second-order valence-electron chi connectivity index (χ2n) is 6.41. The lowest BCUT2D eigenvalue weighted by Gasteiger charge is -2.27. The number of urea groups is 1. The summed E-state index contributed by atoms with van der Waals surface area (Å²) in [6.45, 7) is 7.39. The second-order valence-corrected chi connectivity index (χ2v) is 6.41. The molecule has 0 bridgehead atoms. The molecule has 2 aromatic rings. The zero-order valence-corrected chi connectivity index (χ0v) is 15.3. The topological polar surface area (TPSA) is 90.4 Å². The third-order valence-electron chi connectivity index (χ3n) is 3.89. The van der Waals surface area contributed by atoms with Crippen molar-refractivity contribution in [2.75, 3.05) is 16.8 Å². The number of nitrogens with zero attached hydrogens (tertiary/aromatic N) is 3. The molecule has 26 heavy (non-hydrogen) atoms. The summed E-state index contributed by atoms with van der Waals surface area (Å²) in [5.41, 5.74) is -0.507. The summed E-state index contributed by atoms with van der Waals surface area (Å²) >= 11 is 0. The highest BCUT2D eigenvalue weighted by atomic mass is 19.1. The summed E-state index contributed by atoms with van der Waals surface area (Å²) in [4.78, 5) is 22.4. The molecule has 2 rings (SSSR count). The summed E-state index contributed by atoms with van der Waals surface area (Å²) < 4.78 is 13.2. The molecule has 0 aliphatic rings. The number of nitrogens with one attached hydrogen (secondary N) is 2. The maximum atomic E-state index is 13.2. The molecular weight excluding hydrogens is 337 g/mol. The molecule has 3 N–H and O–H groups in total. The molecule has 140 valence electrons. The van der Waals surface area contributed by atoms with Gasteiger partial charge in [0.05, 0.1) is 17.3 Å². The molecule has 1 aromatic heterocycles. The zero-order chi connectivity index (χ0) is 19.3. The lowest BCUT2D eigenvalue weighted by atomic mass is 10.0. The predicted octanol–water partition coefficient (Wildman–Crippen LogP) is 3.05. The molecular formula is C18H24FN5O2. The van der Waals surface area contributed by atoms with Crippen molar-refractivity contribution in [1.82, 2.24) is 15.3 Å². The van der Waals surface area contributed by atoms with Crippen LogP contribution in [0.3, 0.4) is 0 Å². The van der Waals surface area contributed by atoms with Crippen LogP contribution in [0.15, 0.2) is 36.5 Å². The van der Waals surface area contributed by atoms with Gasteiger partial charge in [-0.1, -0.05) is 0 Å².